The molecule has 0 saturated heterocycles. The maximum Gasteiger partial charge on any atom is 0.209 e. The van der Waals surface area contributed by atoms with E-state index >= 15 is 0 Å². The van der Waals surface area contributed by atoms with E-state index in [0.717, 1.165) is 22.6 Å². The molecule has 0 amide bonds. The molecule has 0 radical (unpaired) electrons. The molecule has 136 valence electrons. The largest absolute Gasteiger partial charge is 0.485 e. The van der Waals surface area contributed by atoms with Crippen LogP contribution in [0.5, 0.6) is 5.75 Å². The molecule has 0 aliphatic heterocycles. The van der Waals surface area contributed by atoms with Crippen molar-refractivity contribution in [1.29, 1.82) is 0 Å². The van der Waals surface area contributed by atoms with Crippen molar-refractivity contribution in [1.82, 2.24) is 20.2 Å². The Balaban J connectivity index is 1.32. The molecule has 4 rings (SSSR count). The van der Waals surface area contributed by atoms with E-state index in [2.05, 4.69) is 20.2 Å². The van der Waals surface area contributed by atoms with Gasteiger partial charge in [-0.25, -0.2) is 9.97 Å². The van der Waals surface area contributed by atoms with Crippen LogP contribution >= 0.6 is 11.8 Å². The molecule has 0 aliphatic rings. The summed E-state index contributed by atoms with van der Waals surface area (Å²) in [6, 6.07) is 17.8. The molecule has 2 aromatic carbocycles. The van der Waals surface area contributed by atoms with Crippen LogP contribution in [0.4, 0.5) is 0 Å². The number of oxazole rings is 1. The Hall–Kier alpha value is -3.06. The van der Waals surface area contributed by atoms with Gasteiger partial charge in [-0.2, -0.15) is 0 Å². The van der Waals surface area contributed by atoms with Gasteiger partial charge in [0.1, 0.15) is 12.4 Å². The molecule has 0 bridgehead atoms. The molecule has 0 atom stereocenters. The van der Waals surface area contributed by atoms with Gasteiger partial charge in [0.25, 0.3) is 0 Å². The fourth-order valence-corrected chi connectivity index (χ4v) is 3.18. The Bertz CT molecular complexity index is 1010. The molecular formula is C20H18N4O2S. The fraction of sp³-hybridized carbons (Fsp3) is 0.150. The van der Waals surface area contributed by atoms with Gasteiger partial charge in [0.2, 0.25) is 11.0 Å². The summed E-state index contributed by atoms with van der Waals surface area (Å²) in [6.07, 6.45) is 1.74. The molecule has 7 heteroatoms. The van der Waals surface area contributed by atoms with Gasteiger partial charge in [-0.3, -0.25) is 5.10 Å². The van der Waals surface area contributed by atoms with Crippen LogP contribution in [-0.4, -0.2) is 20.2 Å². The number of para-hydroxylation sites is 1. The summed E-state index contributed by atoms with van der Waals surface area (Å²) in [6.45, 7) is 2.35. The minimum absolute atomic E-state index is 0.343. The Kier molecular flexibility index (Phi) is 5.20. The lowest BCUT2D eigenvalue weighted by molar-refractivity contribution is 0.294. The van der Waals surface area contributed by atoms with Crippen LogP contribution in [0.3, 0.4) is 0 Å². The third-order valence-corrected chi connectivity index (χ3v) is 4.74. The van der Waals surface area contributed by atoms with Crippen molar-refractivity contribution in [2.45, 2.75) is 24.4 Å². The molecule has 0 fully saturated rings. The zero-order valence-corrected chi connectivity index (χ0v) is 15.6. The van der Waals surface area contributed by atoms with Gasteiger partial charge < -0.3 is 9.15 Å². The molecule has 4 aromatic rings. The summed E-state index contributed by atoms with van der Waals surface area (Å²) in [7, 11) is 0. The van der Waals surface area contributed by atoms with Crippen LogP contribution in [0, 0.1) is 6.92 Å². The lowest BCUT2D eigenvalue weighted by Gasteiger charge is -2.06. The lowest BCUT2D eigenvalue weighted by atomic mass is 10.2. The highest BCUT2D eigenvalue weighted by molar-refractivity contribution is 7.98. The summed E-state index contributed by atoms with van der Waals surface area (Å²) in [5, 5.41) is 7.75. The smallest absolute Gasteiger partial charge is 0.209 e. The standard InChI is InChI=1S/C20H18N4O2S/c1-14-7-5-6-10-16(14)25-12-18-22-20(24-23-18)27-13-19-21-11-17(26-19)15-8-3-2-4-9-15/h2-11H,12-13H2,1H3,(H,22,23,24). The zero-order chi connectivity index (χ0) is 18.5. The quantitative estimate of drug-likeness (QED) is 0.472. The van der Waals surface area contributed by atoms with E-state index in [4.69, 9.17) is 9.15 Å². The molecular weight excluding hydrogens is 360 g/mol. The lowest BCUT2D eigenvalue weighted by Crippen LogP contribution is -1.98. The van der Waals surface area contributed by atoms with Gasteiger partial charge in [0, 0.05) is 5.56 Å². The summed E-state index contributed by atoms with van der Waals surface area (Å²) in [5.41, 5.74) is 2.10. The molecule has 6 nitrogen and oxygen atoms in total. The first-order valence-corrected chi connectivity index (χ1v) is 9.49. The van der Waals surface area contributed by atoms with Crippen LogP contribution in [0.1, 0.15) is 17.3 Å². The molecule has 27 heavy (non-hydrogen) atoms. The van der Waals surface area contributed by atoms with Crippen molar-refractivity contribution in [2.75, 3.05) is 0 Å². The first-order valence-electron chi connectivity index (χ1n) is 8.50. The minimum atomic E-state index is 0.343. The van der Waals surface area contributed by atoms with Gasteiger partial charge in [-0.05, 0) is 18.6 Å². The fourth-order valence-electron chi connectivity index (χ4n) is 2.51. The first-order chi connectivity index (χ1) is 13.3. The van der Waals surface area contributed by atoms with Crippen molar-refractivity contribution in [3.8, 4) is 17.1 Å². The number of hydrogen-bond acceptors (Lipinski definition) is 6. The van der Waals surface area contributed by atoms with Crippen molar-refractivity contribution < 1.29 is 9.15 Å². The number of ether oxygens (including phenoxy) is 1. The minimum Gasteiger partial charge on any atom is -0.485 e. The highest BCUT2D eigenvalue weighted by atomic mass is 32.2. The van der Waals surface area contributed by atoms with E-state index < -0.39 is 0 Å². The number of aromatic amines is 1. The second-order valence-corrected chi connectivity index (χ2v) is 6.83. The van der Waals surface area contributed by atoms with Crippen molar-refractivity contribution in [2.24, 2.45) is 0 Å². The number of rotatable bonds is 7. The Morgan fingerprint density at radius 1 is 1.07 bits per heavy atom. The predicted molar refractivity (Wildman–Crippen MR) is 103 cm³/mol. The average molecular weight is 378 g/mol. The average Bonchev–Trinajstić information content (AvgIpc) is 3.36. The summed E-state index contributed by atoms with van der Waals surface area (Å²) in [4.78, 5) is 8.76. The van der Waals surface area contributed by atoms with Gasteiger partial charge in [0.05, 0.1) is 11.9 Å². The molecule has 0 saturated carbocycles. The van der Waals surface area contributed by atoms with Crippen LogP contribution in [0.15, 0.2) is 70.4 Å². The second kappa shape index (κ2) is 8.09. The molecule has 0 aliphatic carbocycles. The van der Waals surface area contributed by atoms with E-state index in [1.807, 2.05) is 61.5 Å². The number of hydrogen-bond donors (Lipinski definition) is 1. The third-order valence-electron chi connectivity index (χ3n) is 3.91. The van der Waals surface area contributed by atoms with Crippen molar-refractivity contribution in [3.05, 3.63) is 78.1 Å². The molecule has 2 heterocycles. The third kappa shape index (κ3) is 4.38. The maximum absolute atomic E-state index is 5.79. The van der Waals surface area contributed by atoms with E-state index in [9.17, 15) is 0 Å². The van der Waals surface area contributed by atoms with Crippen molar-refractivity contribution in [3.63, 3.8) is 0 Å². The summed E-state index contributed by atoms with van der Waals surface area (Å²) < 4.78 is 11.6. The van der Waals surface area contributed by atoms with Crippen LogP contribution in [0.2, 0.25) is 0 Å². The van der Waals surface area contributed by atoms with Gasteiger partial charge >= 0.3 is 0 Å². The van der Waals surface area contributed by atoms with E-state index in [1.165, 1.54) is 11.8 Å². The molecule has 0 unspecified atom stereocenters. The number of H-pyrrole nitrogens is 1. The monoisotopic (exact) mass is 378 g/mol. The Morgan fingerprint density at radius 3 is 2.74 bits per heavy atom. The van der Waals surface area contributed by atoms with Crippen LogP contribution < -0.4 is 4.74 Å². The predicted octanol–water partition coefficient (Wildman–Crippen LogP) is 4.64. The van der Waals surface area contributed by atoms with E-state index in [-0.39, 0.29) is 0 Å². The zero-order valence-electron chi connectivity index (χ0n) is 14.8. The normalized spacial score (nSPS) is 10.9. The van der Waals surface area contributed by atoms with E-state index in [1.54, 1.807) is 6.20 Å². The first kappa shape index (κ1) is 17.4. The Morgan fingerprint density at radius 2 is 1.89 bits per heavy atom. The summed E-state index contributed by atoms with van der Waals surface area (Å²) >= 11 is 1.46. The molecule has 1 N–H and O–H groups in total. The number of nitrogens with zero attached hydrogens (tertiary/aromatic N) is 3. The highest BCUT2D eigenvalue weighted by Gasteiger charge is 2.10. The summed E-state index contributed by atoms with van der Waals surface area (Å²) in [5.74, 6) is 3.48. The number of aromatic nitrogens is 4. The second-order valence-electron chi connectivity index (χ2n) is 5.89. The molecule has 0 spiro atoms. The van der Waals surface area contributed by atoms with Crippen LogP contribution in [0.25, 0.3) is 11.3 Å². The van der Waals surface area contributed by atoms with E-state index in [0.29, 0.717) is 29.2 Å². The maximum atomic E-state index is 5.79. The number of nitrogens with one attached hydrogen (secondary N) is 1. The highest BCUT2D eigenvalue weighted by Crippen LogP contribution is 2.24. The van der Waals surface area contributed by atoms with Crippen LogP contribution in [-0.2, 0) is 12.4 Å². The van der Waals surface area contributed by atoms with Crippen molar-refractivity contribution >= 4 is 11.8 Å². The molecule has 2 aromatic heterocycles. The topological polar surface area (TPSA) is 76.8 Å². The number of benzene rings is 2. The Labute approximate surface area is 161 Å². The SMILES string of the molecule is Cc1ccccc1OCc1nc(SCc2ncc(-c3ccccc3)o2)n[nH]1. The van der Waals surface area contributed by atoms with Gasteiger partial charge in [-0.1, -0.05) is 60.3 Å². The van der Waals surface area contributed by atoms with Gasteiger partial charge in [0.15, 0.2) is 11.6 Å². The number of aryl methyl sites for hydroxylation is 1. The number of thioether (sulfide) groups is 1. The van der Waals surface area contributed by atoms with Gasteiger partial charge in [-0.15, -0.1) is 5.10 Å².